The van der Waals surface area contributed by atoms with Crippen molar-refractivity contribution in [2.45, 2.75) is 6.10 Å². The van der Waals surface area contributed by atoms with Crippen LogP contribution in [0, 0.1) is 0 Å². The highest BCUT2D eigenvalue weighted by Gasteiger charge is 2.16. The molecule has 0 saturated carbocycles. The predicted octanol–water partition coefficient (Wildman–Crippen LogP) is 3.05. The Hall–Kier alpha value is -2.17. The van der Waals surface area contributed by atoms with Gasteiger partial charge in [0.1, 0.15) is 6.10 Å². The van der Waals surface area contributed by atoms with E-state index in [1.807, 2.05) is 50.5 Å². The van der Waals surface area contributed by atoms with Gasteiger partial charge in [0, 0.05) is 6.54 Å². The zero-order valence-corrected chi connectivity index (χ0v) is 12.9. The molecule has 0 aliphatic rings. The highest BCUT2D eigenvalue weighted by molar-refractivity contribution is 5.87. The van der Waals surface area contributed by atoms with Gasteiger partial charge in [0.15, 0.2) is 0 Å². The first kappa shape index (κ1) is 16.2. The standard InChI is InChI=1S/C18H21NO3/c1-19(2)11-12-22-17(14-7-4-3-5-8-14)15-9-6-10-16(13-15)18(20)21/h3-10,13,17H,11-12H2,1-2H3,(H,20,21). The molecule has 0 heterocycles. The van der Waals surface area contributed by atoms with Gasteiger partial charge in [-0.15, -0.1) is 0 Å². The second kappa shape index (κ2) is 7.73. The third-order valence-electron chi connectivity index (χ3n) is 3.36. The van der Waals surface area contributed by atoms with Crippen LogP contribution in [0.4, 0.5) is 0 Å². The fourth-order valence-electron chi connectivity index (χ4n) is 2.20. The second-order valence-corrected chi connectivity index (χ2v) is 5.40. The van der Waals surface area contributed by atoms with Crippen LogP contribution in [0.3, 0.4) is 0 Å². The van der Waals surface area contributed by atoms with Crippen molar-refractivity contribution in [3.05, 3.63) is 71.3 Å². The van der Waals surface area contributed by atoms with E-state index in [1.54, 1.807) is 18.2 Å². The van der Waals surface area contributed by atoms with E-state index in [2.05, 4.69) is 4.90 Å². The highest BCUT2D eigenvalue weighted by atomic mass is 16.5. The van der Waals surface area contributed by atoms with Crippen LogP contribution in [-0.4, -0.2) is 43.2 Å². The molecule has 1 N–H and O–H groups in total. The summed E-state index contributed by atoms with van der Waals surface area (Å²) in [5, 5.41) is 9.16. The SMILES string of the molecule is CN(C)CCOC(c1ccccc1)c1cccc(C(=O)O)c1. The summed E-state index contributed by atoms with van der Waals surface area (Å²) >= 11 is 0. The van der Waals surface area contributed by atoms with Gasteiger partial charge in [0.25, 0.3) is 0 Å². The molecular formula is C18H21NO3. The maximum atomic E-state index is 11.2. The number of hydrogen-bond donors (Lipinski definition) is 1. The van der Waals surface area contributed by atoms with Crippen LogP contribution in [0.15, 0.2) is 54.6 Å². The van der Waals surface area contributed by atoms with Gasteiger partial charge in [-0.2, -0.15) is 0 Å². The lowest BCUT2D eigenvalue weighted by Gasteiger charge is -2.20. The molecule has 1 unspecified atom stereocenters. The molecule has 0 radical (unpaired) electrons. The fourth-order valence-corrected chi connectivity index (χ4v) is 2.20. The van der Waals surface area contributed by atoms with Gasteiger partial charge in [-0.1, -0.05) is 42.5 Å². The van der Waals surface area contributed by atoms with Crippen LogP contribution in [-0.2, 0) is 4.74 Å². The molecule has 2 rings (SSSR count). The average Bonchev–Trinajstić information content (AvgIpc) is 2.52. The summed E-state index contributed by atoms with van der Waals surface area (Å²) in [6.07, 6.45) is -0.263. The molecule has 0 spiro atoms. The van der Waals surface area contributed by atoms with Crippen LogP contribution in [0.5, 0.6) is 0 Å². The Kier molecular flexibility index (Phi) is 5.69. The Morgan fingerprint density at radius 1 is 1.09 bits per heavy atom. The van der Waals surface area contributed by atoms with Gasteiger partial charge in [0.2, 0.25) is 0 Å². The first-order chi connectivity index (χ1) is 10.6. The molecule has 2 aromatic rings. The normalized spacial score (nSPS) is 12.3. The maximum Gasteiger partial charge on any atom is 0.335 e. The summed E-state index contributed by atoms with van der Waals surface area (Å²) in [6, 6.07) is 16.8. The molecule has 1 atom stereocenters. The molecule has 0 aliphatic carbocycles. The van der Waals surface area contributed by atoms with E-state index in [0.717, 1.165) is 17.7 Å². The Morgan fingerprint density at radius 2 is 1.77 bits per heavy atom. The average molecular weight is 299 g/mol. The van der Waals surface area contributed by atoms with E-state index in [9.17, 15) is 4.79 Å². The van der Waals surface area contributed by atoms with Crippen molar-refractivity contribution in [3.8, 4) is 0 Å². The number of benzene rings is 2. The second-order valence-electron chi connectivity index (χ2n) is 5.40. The predicted molar refractivity (Wildman–Crippen MR) is 86.2 cm³/mol. The Morgan fingerprint density at radius 3 is 2.41 bits per heavy atom. The van der Waals surface area contributed by atoms with Gasteiger partial charge >= 0.3 is 5.97 Å². The highest BCUT2D eigenvalue weighted by Crippen LogP contribution is 2.26. The number of rotatable bonds is 7. The number of carboxylic acids is 1. The maximum absolute atomic E-state index is 11.2. The third-order valence-corrected chi connectivity index (χ3v) is 3.36. The van der Waals surface area contributed by atoms with Gasteiger partial charge in [0.05, 0.1) is 12.2 Å². The molecule has 0 fully saturated rings. The van der Waals surface area contributed by atoms with Crippen molar-refractivity contribution in [3.63, 3.8) is 0 Å². The van der Waals surface area contributed by atoms with Crippen molar-refractivity contribution in [2.24, 2.45) is 0 Å². The van der Waals surface area contributed by atoms with E-state index in [1.165, 1.54) is 0 Å². The molecule has 2 aromatic carbocycles. The minimum Gasteiger partial charge on any atom is -0.478 e. The summed E-state index contributed by atoms with van der Waals surface area (Å²) in [7, 11) is 3.98. The largest absolute Gasteiger partial charge is 0.478 e. The number of ether oxygens (including phenoxy) is 1. The summed E-state index contributed by atoms with van der Waals surface area (Å²) < 4.78 is 6.03. The lowest BCUT2D eigenvalue weighted by Crippen LogP contribution is -2.20. The third kappa shape index (κ3) is 4.41. The molecule has 0 aromatic heterocycles. The van der Waals surface area contributed by atoms with Gasteiger partial charge in [-0.3, -0.25) is 0 Å². The summed E-state index contributed by atoms with van der Waals surface area (Å²) in [5.41, 5.74) is 2.14. The molecule has 0 saturated heterocycles. The number of hydrogen-bond acceptors (Lipinski definition) is 3. The number of aromatic carboxylic acids is 1. The molecule has 4 heteroatoms. The Labute approximate surface area is 131 Å². The van der Waals surface area contributed by atoms with Crippen LogP contribution in [0.2, 0.25) is 0 Å². The fraction of sp³-hybridized carbons (Fsp3) is 0.278. The van der Waals surface area contributed by atoms with Crippen molar-refractivity contribution in [1.82, 2.24) is 4.90 Å². The molecular weight excluding hydrogens is 278 g/mol. The monoisotopic (exact) mass is 299 g/mol. The molecule has 116 valence electrons. The summed E-state index contributed by atoms with van der Waals surface area (Å²) in [6.45, 7) is 1.38. The first-order valence-corrected chi connectivity index (χ1v) is 7.22. The molecule has 0 bridgehead atoms. The number of carboxylic acid groups (broad SMARTS) is 1. The van der Waals surface area contributed by atoms with Crippen molar-refractivity contribution in [1.29, 1.82) is 0 Å². The van der Waals surface area contributed by atoms with Crippen LogP contribution >= 0.6 is 0 Å². The van der Waals surface area contributed by atoms with Gasteiger partial charge in [-0.25, -0.2) is 4.79 Å². The topological polar surface area (TPSA) is 49.8 Å². The lowest BCUT2D eigenvalue weighted by molar-refractivity contribution is 0.0675. The van der Waals surface area contributed by atoms with Crippen molar-refractivity contribution >= 4 is 5.97 Å². The van der Waals surface area contributed by atoms with Gasteiger partial charge < -0.3 is 14.7 Å². The number of likely N-dealkylation sites (N-methyl/N-ethyl adjacent to an activating group) is 1. The van der Waals surface area contributed by atoms with Crippen molar-refractivity contribution in [2.75, 3.05) is 27.2 Å². The van der Waals surface area contributed by atoms with Gasteiger partial charge in [-0.05, 0) is 37.4 Å². The quantitative estimate of drug-likeness (QED) is 0.853. The van der Waals surface area contributed by atoms with Crippen LogP contribution < -0.4 is 0 Å². The minimum atomic E-state index is -0.929. The van der Waals surface area contributed by atoms with E-state index in [4.69, 9.17) is 9.84 Å². The number of carbonyl (C=O) groups is 1. The van der Waals surface area contributed by atoms with E-state index >= 15 is 0 Å². The zero-order valence-electron chi connectivity index (χ0n) is 12.9. The van der Waals surface area contributed by atoms with E-state index in [-0.39, 0.29) is 11.7 Å². The summed E-state index contributed by atoms with van der Waals surface area (Å²) in [4.78, 5) is 13.2. The summed E-state index contributed by atoms with van der Waals surface area (Å²) in [5.74, 6) is -0.929. The molecule has 0 amide bonds. The smallest absolute Gasteiger partial charge is 0.335 e. The minimum absolute atomic E-state index is 0.263. The molecule has 22 heavy (non-hydrogen) atoms. The zero-order chi connectivity index (χ0) is 15.9. The molecule has 4 nitrogen and oxygen atoms in total. The van der Waals surface area contributed by atoms with Crippen molar-refractivity contribution < 1.29 is 14.6 Å². The first-order valence-electron chi connectivity index (χ1n) is 7.22. The molecule has 0 aliphatic heterocycles. The Balaban J connectivity index is 2.27. The lowest BCUT2D eigenvalue weighted by atomic mass is 9.99. The van der Waals surface area contributed by atoms with Crippen LogP contribution in [0.1, 0.15) is 27.6 Å². The van der Waals surface area contributed by atoms with E-state index < -0.39 is 5.97 Å². The van der Waals surface area contributed by atoms with Crippen LogP contribution in [0.25, 0.3) is 0 Å². The number of nitrogens with zero attached hydrogens (tertiary/aromatic N) is 1. The Bertz CT molecular complexity index is 611. The van der Waals surface area contributed by atoms with E-state index in [0.29, 0.717) is 6.61 Å².